The van der Waals surface area contributed by atoms with Gasteiger partial charge in [0.1, 0.15) is 6.42 Å². The minimum atomic E-state index is -0.0790. The van der Waals surface area contributed by atoms with E-state index in [2.05, 4.69) is 0 Å². The molecule has 0 unspecified atom stereocenters. The number of likely N-dealkylation sites (tertiary alicyclic amines) is 1. The standard InChI is InChI=1S/C12H18N2O2/c13-6-4-11(16)14-7-10-3-1-2-5-12(10,8-14)9-15/h10,15H,1-5,7-9H2/t10-,12-/m1/s1. The van der Waals surface area contributed by atoms with E-state index in [-0.39, 0.29) is 24.3 Å². The quantitative estimate of drug-likeness (QED) is 0.755. The molecule has 2 aliphatic rings. The molecule has 2 rings (SSSR count). The zero-order chi connectivity index (χ0) is 11.6. The van der Waals surface area contributed by atoms with Gasteiger partial charge in [0.15, 0.2) is 0 Å². The van der Waals surface area contributed by atoms with Gasteiger partial charge in [-0.25, -0.2) is 0 Å². The summed E-state index contributed by atoms with van der Waals surface area (Å²) in [5.41, 5.74) is -0.0661. The van der Waals surface area contributed by atoms with Crippen LogP contribution in [0.1, 0.15) is 32.1 Å². The number of nitriles is 1. The molecule has 0 aromatic rings. The second-order valence-corrected chi connectivity index (χ2v) is 5.07. The number of hydrogen-bond acceptors (Lipinski definition) is 3. The Morgan fingerprint density at radius 1 is 1.56 bits per heavy atom. The molecule has 1 heterocycles. The summed E-state index contributed by atoms with van der Waals surface area (Å²) in [7, 11) is 0. The smallest absolute Gasteiger partial charge is 0.236 e. The minimum Gasteiger partial charge on any atom is -0.396 e. The lowest BCUT2D eigenvalue weighted by molar-refractivity contribution is -0.129. The van der Waals surface area contributed by atoms with E-state index < -0.39 is 0 Å². The molecule has 0 bridgehead atoms. The second-order valence-electron chi connectivity index (χ2n) is 5.07. The molecule has 0 aromatic carbocycles. The first kappa shape index (κ1) is 11.4. The Hall–Kier alpha value is -1.08. The Labute approximate surface area is 95.9 Å². The average Bonchev–Trinajstić information content (AvgIpc) is 2.69. The molecule has 1 aliphatic heterocycles. The predicted octanol–water partition coefficient (Wildman–Crippen LogP) is 0.911. The fourth-order valence-corrected chi connectivity index (χ4v) is 3.21. The molecule has 88 valence electrons. The first-order valence-corrected chi connectivity index (χ1v) is 5.97. The molecular weight excluding hydrogens is 204 g/mol. The Bertz CT molecular complexity index is 323. The SMILES string of the molecule is N#CCC(=O)N1C[C@H]2CCCC[C@]2(CO)C1. The van der Waals surface area contributed by atoms with E-state index in [1.807, 2.05) is 6.07 Å². The lowest BCUT2D eigenvalue weighted by Crippen LogP contribution is -2.37. The summed E-state index contributed by atoms with van der Waals surface area (Å²) in [5.74, 6) is 0.360. The van der Waals surface area contributed by atoms with Gasteiger partial charge < -0.3 is 10.0 Å². The maximum atomic E-state index is 11.7. The van der Waals surface area contributed by atoms with Gasteiger partial charge in [0.2, 0.25) is 5.91 Å². The van der Waals surface area contributed by atoms with E-state index in [0.29, 0.717) is 12.5 Å². The largest absolute Gasteiger partial charge is 0.396 e. The molecule has 1 aliphatic carbocycles. The number of aliphatic hydroxyl groups excluding tert-OH is 1. The lowest BCUT2D eigenvalue weighted by atomic mass is 9.69. The molecule has 2 atom stereocenters. The number of hydrogen-bond donors (Lipinski definition) is 1. The summed E-state index contributed by atoms with van der Waals surface area (Å²) < 4.78 is 0. The highest BCUT2D eigenvalue weighted by atomic mass is 16.3. The first-order valence-electron chi connectivity index (χ1n) is 5.97. The molecule has 4 nitrogen and oxygen atoms in total. The van der Waals surface area contributed by atoms with Crippen LogP contribution in [-0.4, -0.2) is 35.6 Å². The number of fused-ring (bicyclic) bond motifs is 1. The molecule has 1 amide bonds. The van der Waals surface area contributed by atoms with Crippen LogP contribution in [0.15, 0.2) is 0 Å². The van der Waals surface area contributed by atoms with Gasteiger partial charge in [0.05, 0.1) is 12.7 Å². The molecule has 2 fully saturated rings. The molecule has 1 N–H and O–H groups in total. The van der Waals surface area contributed by atoms with Crippen molar-refractivity contribution in [3.05, 3.63) is 0 Å². The highest BCUT2D eigenvalue weighted by molar-refractivity contribution is 5.78. The van der Waals surface area contributed by atoms with Crippen molar-refractivity contribution in [3.8, 4) is 6.07 Å². The van der Waals surface area contributed by atoms with E-state index in [9.17, 15) is 9.90 Å². The van der Waals surface area contributed by atoms with Gasteiger partial charge in [-0.15, -0.1) is 0 Å². The molecule has 0 spiro atoms. The first-order chi connectivity index (χ1) is 7.72. The molecule has 0 radical (unpaired) electrons. The summed E-state index contributed by atoms with van der Waals surface area (Å²) in [6.07, 6.45) is 4.44. The van der Waals surface area contributed by atoms with Gasteiger partial charge in [0.25, 0.3) is 0 Å². The van der Waals surface area contributed by atoms with Gasteiger partial charge >= 0.3 is 0 Å². The number of carbonyl (C=O) groups is 1. The Kier molecular flexibility index (Phi) is 3.15. The third kappa shape index (κ3) is 1.80. The normalized spacial score (nSPS) is 33.2. The van der Waals surface area contributed by atoms with Crippen LogP contribution in [-0.2, 0) is 4.79 Å². The predicted molar refractivity (Wildman–Crippen MR) is 58.3 cm³/mol. The van der Waals surface area contributed by atoms with Crippen molar-refractivity contribution in [2.24, 2.45) is 11.3 Å². The van der Waals surface area contributed by atoms with Crippen LogP contribution in [0.2, 0.25) is 0 Å². The Morgan fingerprint density at radius 3 is 3.00 bits per heavy atom. The molecule has 4 heteroatoms. The van der Waals surface area contributed by atoms with Crippen molar-refractivity contribution < 1.29 is 9.90 Å². The van der Waals surface area contributed by atoms with Crippen LogP contribution < -0.4 is 0 Å². The van der Waals surface area contributed by atoms with Crippen LogP contribution in [0.4, 0.5) is 0 Å². The molecular formula is C12H18N2O2. The van der Waals surface area contributed by atoms with E-state index in [4.69, 9.17) is 5.26 Å². The van der Waals surface area contributed by atoms with Gasteiger partial charge in [-0.3, -0.25) is 4.79 Å². The van der Waals surface area contributed by atoms with Crippen molar-refractivity contribution in [2.75, 3.05) is 19.7 Å². The van der Waals surface area contributed by atoms with Gasteiger partial charge in [0, 0.05) is 18.5 Å². The van der Waals surface area contributed by atoms with Gasteiger partial charge in [-0.1, -0.05) is 12.8 Å². The number of nitrogens with zero attached hydrogens (tertiary/aromatic N) is 2. The monoisotopic (exact) mass is 222 g/mol. The van der Waals surface area contributed by atoms with Crippen molar-refractivity contribution in [1.29, 1.82) is 5.26 Å². The molecule has 1 saturated heterocycles. The summed E-state index contributed by atoms with van der Waals surface area (Å²) in [4.78, 5) is 13.4. The highest BCUT2D eigenvalue weighted by Crippen LogP contribution is 2.46. The fourth-order valence-electron chi connectivity index (χ4n) is 3.21. The zero-order valence-corrected chi connectivity index (χ0v) is 9.48. The number of carbonyl (C=O) groups excluding carboxylic acids is 1. The Balaban J connectivity index is 2.08. The van der Waals surface area contributed by atoms with Crippen LogP contribution in [0.5, 0.6) is 0 Å². The maximum Gasteiger partial charge on any atom is 0.236 e. The van der Waals surface area contributed by atoms with Crippen molar-refractivity contribution in [3.63, 3.8) is 0 Å². The molecule has 1 saturated carbocycles. The second kappa shape index (κ2) is 4.42. The minimum absolute atomic E-state index is 0.0335. The maximum absolute atomic E-state index is 11.7. The summed E-state index contributed by atoms with van der Waals surface area (Å²) in [6, 6.07) is 1.90. The Morgan fingerprint density at radius 2 is 2.38 bits per heavy atom. The summed E-state index contributed by atoms with van der Waals surface area (Å²) in [6.45, 7) is 1.56. The van der Waals surface area contributed by atoms with Crippen LogP contribution in [0.25, 0.3) is 0 Å². The van der Waals surface area contributed by atoms with Crippen LogP contribution >= 0.6 is 0 Å². The van der Waals surface area contributed by atoms with E-state index in [1.54, 1.807) is 4.90 Å². The summed E-state index contributed by atoms with van der Waals surface area (Å²) in [5, 5.41) is 18.1. The highest BCUT2D eigenvalue weighted by Gasteiger charge is 2.48. The lowest BCUT2D eigenvalue weighted by Gasteiger charge is -2.36. The number of rotatable bonds is 2. The van der Waals surface area contributed by atoms with Gasteiger partial charge in [-0.2, -0.15) is 5.26 Å². The number of aliphatic hydroxyl groups is 1. The third-order valence-electron chi connectivity index (χ3n) is 4.19. The van der Waals surface area contributed by atoms with E-state index >= 15 is 0 Å². The van der Waals surface area contributed by atoms with Crippen LogP contribution in [0.3, 0.4) is 0 Å². The summed E-state index contributed by atoms with van der Waals surface area (Å²) >= 11 is 0. The van der Waals surface area contributed by atoms with Crippen molar-refractivity contribution in [2.45, 2.75) is 32.1 Å². The van der Waals surface area contributed by atoms with Crippen LogP contribution in [0, 0.1) is 22.7 Å². The average molecular weight is 222 g/mol. The topological polar surface area (TPSA) is 64.3 Å². The van der Waals surface area contributed by atoms with E-state index in [1.165, 1.54) is 6.42 Å². The zero-order valence-electron chi connectivity index (χ0n) is 9.48. The molecule has 16 heavy (non-hydrogen) atoms. The van der Waals surface area contributed by atoms with E-state index in [0.717, 1.165) is 25.8 Å². The van der Waals surface area contributed by atoms with Crippen molar-refractivity contribution in [1.82, 2.24) is 4.90 Å². The number of amides is 1. The van der Waals surface area contributed by atoms with Crippen molar-refractivity contribution >= 4 is 5.91 Å². The fraction of sp³-hybridized carbons (Fsp3) is 0.833. The molecule has 0 aromatic heterocycles. The van der Waals surface area contributed by atoms with Gasteiger partial charge in [-0.05, 0) is 18.8 Å². The third-order valence-corrected chi connectivity index (χ3v) is 4.19.